The number of hydrogen-bond acceptors (Lipinski definition) is 6. The van der Waals surface area contributed by atoms with Gasteiger partial charge in [-0.15, -0.1) is 11.3 Å². The highest BCUT2D eigenvalue weighted by atomic mass is 32.1. The van der Waals surface area contributed by atoms with Crippen LogP contribution in [-0.4, -0.2) is 22.9 Å². The molecule has 1 heterocycles. The predicted molar refractivity (Wildman–Crippen MR) is 107 cm³/mol. The summed E-state index contributed by atoms with van der Waals surface area (Å²) >= 11 is 1.42. The van der Waals surface area contributed by atoms with E-state index in [0.717, 1.165) is 25.7 Å². The van der Waals surface area contributed by atoms with Crippen molar-refractivity contribution in [1.82, 2.24) is 0 Å². The summed E-state index contributed by atoms with van der Waals surface area (Å²) in [6.07, 6.45) is 3.13. The van der Waals surface area contributed by atoms with Crippen LogP contribution >= 0.6 is 11.3 Å². The van der Waals surface area contributed by atoms with Gasteiger partial charge in [-0.05, 0) is 49.8 Å². The van der Waals surface area contributed by atoms with Crippen molar-refractivity contribution in [1.29, 1.82) is 0 Å². The molecular formula is C20H22N2O5S. The van der Waals surface area contributed by atoms with E-state index in [1.54, 1.807) is 6.07 Å². The van der Waals surface area contributed by atoms with Gasteiger partial charge < -0.3 is 10.1 Å². The van der Waals surface area contributed by atoms with Gasteiger partial charge in [0.15, 0.2) is 6.10 Å². The summed E-state index contributed by atoms with van der Waals surface area (Å²) in [4.78, 5) is 37.0. The van der Waals surface area contributed by atoms with Crippen LogP contribution in [-0.2, 0) is 22.4 Å². The van der Waals surface area contributed by atoms with Crippen molar-refractivity contribution in [2.45, 2.75) is 45.6 Å². The molecule has 28 heavy (non-hydrogen) atoms. The van der Waals surface area contributed by atoms with Gasteiger partial charge >= 0.3 is 5.97 Å². The zero-order valence-corrected chi connectivity index (χ0v) is 16.6. The number of carbonyl (C=O) groups is 2. The fraction of sp³-hybridized carbons (Fsp3) is 0.400. The number of anilines is 1. The number of hydrogen-bond donors (Lipinski definition) is 1. The monoisotopic (exact) mass is 402 g/mol. The van der Waals surface area contributed by atoms with E-state index in [9.17, 15) is 19.7 Å². The Kier molecular flexibility index (Phi) is 6.08. The van der Waals surface area contributed by atoms with Crippen molar-refractivity contribution in [3.05, 3.63) is 55.8 Å². The van der Waals surface area contributed by atoms with Crippen LogP contribution in [0.5, 0.6) is 0 Å². The molecular weight excluding hydrogens is 380 g/mol. The van der Waals surface area contributed by atoms with Gasteiger partial charge in [0.2, 0.25) is 0 Å². The quantitative estimate of drug-likeness (QED) is 0.440. The Hall–Kier alpha value is -2.74. The number of nitro groups is 1. The number of para-hydroxylation sites is 2. The maximum atomic E-state index is 12.5. The minimum atomic E-state index is -1.07. The third-order valence-electron chi connectivity index (χ3n) is 4.98. The van der Waals surface area contributed by atoms with E-state index in [4.69, 9.17) is 4.74 Å². The lowest BCUT2D eigenvalue weighted by Gasteiger charge is -2.19. The van der Waals surface area contributed by atoms with Gasteiger partial charge in [-0.25, -0.2) is 4.79 Å². The molecule has 1 aromatic carbocycles. The van der Waals surface area contributed by atoms with Crippen LogP contribution in [0.1, 0.15) is 46.8 Å². The average Bonchev–Trinajstić information content (AvgIpc) is 3.11. The summed E-state index contributed by atoms with van der Waals surface area (Å²) in [5.41, 5.74) is 1.05. The van der Waals surface area contributed by atoms with Crippen molar-refractivity contribution >= 4 is 34.6 Å². The van der Waals surface area contributed by atoms with E-state index in [1.807, 2.05) is 6.07 Å². The molecule has 2 aromatic rings. The molecule has 0 fully saturated rings. The summed E-state index contributed by atoms with van der Waals surface area (Å²) in [6, 6.07) is 7.70. The molecule has 0 unspecified atom stereocenters. The van der Waals surface area contributed by atoms with E-state index >= 15 is 0 Å². The second kappa shape index (κ2) is 8.52. The summed E-state index contributed by atoms with van der Waals surface area (Å²) in [5.74, 6) is -0.509. The molecule has 1 N–H and O–H groups in total. The number of ether oxygens (including phenoxy) is 1. The highest BCUT2D eigenvalue weighted by Gasteiger charge is 2.26. The zero-order chi connectivity index (χ0) is 20.3. The van der Waals surface area contributed by atoms with Gasteiger partial charge in [0.05, 0.1) is 4.92 Å². The van der Waals surface area contributed by atoms with Crippen LogP contribution < -0.4 is 5.32 Å². The average molecular weight is 402 g/mol. The van der Waals surface area contributed by atoms with Crippen LogP contribution in [0.15, 0.2) is 30.3 Å². The van der Waals surface area contributed by atoms with Crippen LogP contribution in [0.2, 0.25) is 0 Å². The molecule has 0 aliphatic heterocycles. The lowest BCUT2D eigenvalue weighted by atomic mass is 9.87. The molecule has 1 aromatic heterocycles. The number of benzene rings is 1. The lowest BCUT2D eigenvalue weighted by molar-refractivity contribution is -0.383. The van der Waals surface area contributed by atoms with E-state index < -0.39 is 22.9 Å². The molecule has 148 valence electrons. The molecule has 0 spiro atoms. The summed E-state index contributed by atoms with van der Waals surface area (Å²) in [7, 11) is 0. The summed E-state index contributed by atoms with van der Waals surface area (Å²) in [6.45, 7) is 3.62. The molecule has 0 bridgehead atoms. The van der Waals surface area contributed by atoms with Crippen LogP contribution in [0.4, 0.5) is 11.4 Å². The third kappa shape index (κ3) is 4.39. The second-order valence-electron chi connectivity index (χ2n) is 6.89. The standard InChI is InChI=1S/C20H22N2O5S/c1-3-13-8-9-17-14(10-13)11-18(28-17)20(24)27-12(2)19(23)21-15-6-4-5-7-16(15)22(25)26/h4-7,11-13H,3,8-10H2,1-2H3,(H,21,23)/t12-,13-/m0/s1. The van der Waals surface area contributed by atoms with Crippen molar-refractivity contribution in [2.75, 3.05) is 5.32 Å². The maximum Gasteiger partial charge on any atom is 0.349 e. The first-order valence-corrected chi connectivity index (χ1v) is 10.1. The number of rotatable bonds is 6. The number of nitro benzene ring substituents is 1. The molecule has 0 radical (unpaired) electrons. The number of aryl methyl sites for hydroxylation is 1. The van der Waals surface area contributed by atoms with Gasteiger partial charge in [-0.3, -0.25) is 14.9 Å². The molecule has 1 aliphatic carbocycles. The van der Waals surface area contributed by atoms with Crippen LogP contribution in [0.3, 0.4) is 0 Å². The Balaban J connectivity index is 1.64. The molecule has 1 amide bonds. The topological polar surface area (TPSA) is 98.5 Å². The predicted octanol–water partition coefficient (Wildman–Crippen LogP) is 4.36. The third-order valence-corrected chi connectivity index (χ3v) is 6.19. The first-order chi connectivity index (χ1) is 13.4. The van der Waals surface area contributed by atoms with Gasteiger partial charge in [-0.2, -0.15) is 0 Å². The van der Waals surface area contributed by atoms with Gasteiger partial charge in [0.25, 0.3) is 11.6 Å². The number of thiophene rings is 1. The first-order valence-electron chi connectivity index (χ1n) is 9.25. The number of nitrogens with one attached hydrogen (secondary N) is 1. The highest BCUT2D eigenvalue weighted by Crippen LogP contribution is 2.34. The molecule has 0 saturated heterocycles. The minimum Gasteiger partial charge on any atom is -0.448 e. The van der Waals surface area contributed by atoms with Crippen molar-refractivity contribution in [3.63, 3.8) is 0 Å². The molecule has 2 atom stereocenters. The van der Waals surface area contributed by atoms with E-state index in [1.165, 1.54) is 46.9 Å². The van der Waals surface area contributed by atoms with E-state index in [0.29, 0.717) is 10.8 Å². The second-order valence-corrected chi connectivity index (χ2v) is 8.02. The molecule has 8 heteroatoms. The van der Waals surface area contributed by atoms with Crippen molar-refractivity contribution < 1.29 is 19.2 Å². The highest BCUT2D eigenvalue weighted by molar-refractivity contribution is 7.14. The molecule has 3 rings (SSSR count). The smallest absolute Gasteiger partial charge is 0.349 e. The Morgan fingerprint density at radius 2 is 2.14 bits per heavy atom. The normalized spacial score (nSPS) is 16.7. The van der Waals surface area contributed by atoms with Crippen LogP contribution in [0, 0.1) is 16.0 Å². The maximum absolute atomic E-state index is 12.5. The fourth-order valence-corrected chi connectivity index (χ4v) is 4.38. The summed E-state index contributed by atoms with van der Waals surface area (Å²) in [5, 5.41) is 13.5. The van der Waals surface area contributed by atoms with Gasteiger partial charge in [0.1, 0.15) is 10.6 Å². The lowest BCUT2D eigenvalue weighted by Crippen LogP contribution is -2.30. The van der Waals surface area contributed by atoms with Crippen LogP contribution in [0.25, 0.3) is 0 Å². The number of carbonyl (C=O) groups excluding carboxylic acids is 2. The largest absolute Gasteiger partial charge is 0.448 e. The molecule has 1 aliphatic rings. The number of amides is 1. The fourth-order valence-electron chi connectivity index (χ4n) is 3.29. The minimum absolute atomic E-state index is 0.0672. The van der Waals surface area contributed by atoms with E-state index in [2.05, 4.69) is 12.2 Å². The van der Waals surface area contributed by atoms with Gasteiger partial charge in [0, 0.05) is 10.9 Å². The van der Waals surface area contributed by atoms with Crippen molar-refractivity contribution in [3.8, 4) is 0 Å². The Bertz CT molecular complexity index is 908. The Morgan fingerprint density at radius 3 is 2.86 bits per heavy atom. The number of nitrogens with zero attached hydrogens (tertiary/aromatic N) is 1. The summed E-state index contributed by atoms with van der Waals surface area (Å²) < 4.78 is 5.29. The van der Waals surface area contributed by atoms with Crippen molar-refractivity contribution in [2.24, 2.45) is 5.92 Å². The Morgan fingerprint density at radius 1 is 1.39 bits per heavy atom. The number of esters is 1. The number of fused-ring (bicyclic) bond motifs is 1. The van der Waals surface area contributed by atoms with Gasteiger partial charge in [-0.1, -0.05) is 25.5 Å². The Labute approximate surface area is 166 Å². The first kappa shape index (κ1) is 20.0. The SMILES string of the molecule is CC[C@H]1CCc2sc(C(=O)O[C@@H](C)C(=O)Nc3ccccc3[N+](=O)[O-])cc2C1. The molecule has 7 nitrogen and oxygen atoms in total. The zero-order valence-electron chi connectivity index (χ0n) is 15.8. The van der Waals surface area contributed by atoms with E-state index in [-0.39, 0.29) is 11.4 Å². The molecule has 0 saturated carbocycles.